The lowest BCUT2D eigenvalue weighted by molar-refractivity contribution is -0.179. The standard InChI is InChI=1S/C7H7F3O3Si/c8-3-1-5(10)6(2-4(3)9)14-13-7(11)12/h1-2,7,11-12H,14H2. The summed E-state index contributed by atoms with van der Waals surface area (Å²) in [6.45, 7) is -2.02. The van der Waals surface area contributed by atoms with Gasteiger partial charge in [-0.3, -0.25) is 0 Å². The van der Waals surface area contributed by atoms with E-state index in [1.54, 1.807) is 0 Å². The van der Waals surface area contributed by atoms with Crippen molar-refractivity contribution in [3.8, 4) is 0 Å². The number of aliphatic hydroxyl groups excluding tert-OH is 1. The maximum atomic E-state index is 12.9. The van der Waals surface area contributed by atoms with E-state index in [2.05, 4.69) is 4.43 Å². The molecule has 0 aliphatic heterocycles. The first-order chi connectivity index (χ1) is 6.50. The van der Waals surface area contributed by atoms with Crippen molar-refractivity contribution in [2.24, 2.45) is 0 Å². The van der Waals surface area contributed by atoms with E-state index in [1.807, 2.05) is 0 Å². The second kappa shape index (κ2) is 4.56. The van der Waals surface area contributed by atoms with Crippen LogP contribution in [-0.4, -0.2) is 26.5 Å². The van der Waals surface area contributed by atoms with Crippen LogP contribution in [0, 0.1) is 17.5 Å². The van der Waals surface area contributed by atoms with Crippen molar-refractivity contribution in [2.45, 2.75) is 6.48 Å². The van der Waals surface area contributed by atoms with E-state index >= 15 is 0 Å². The molecule has 1 aromatic carbocycles. The van der Waals surface area contributed by atoms with Crippen LogP contribution in [0.2, 0.25) is 0 Å². The average molecular weight is 224 g/mol. The van der Waals surface area contributed by atoms with Crippen LogP contribution in [0.3, 0.4) is 0 Å². The summed E-state index contributed by atoms with van der Waals surface area (Å²) in [5, 5.41) is 16.5. The van der Waals surface area contributed by atoms with Crippen LogP contribution in [0.4, 0.5) is 13.2 Å². The molecule has 0 aliphatic rings. The number of hydrogen-bond acceptors (Lipinski definition) is 3. The maximum Gasteiger partial charge on any atom is 0.256 e. The SMILES string of the molecule is OC(O)O[SiH2]c1cc(F)c(F)cc1F. The molecule has 0 fully saturated rings. The molecule has 0 unspecified atom stereocenters. The molecule has 0 radical (unpaired) electrons. The van der Waals surface area contributed by atoms with Crippen LogP contribution in [0.1, 0.15) is 0 Å². The zero-order chi connectivity index (χ0) is 10.7. The first kappa shape index (κ1) is 11.2. The Morgan fingerprint density at radius 1 is 1.07 bits per heavy atom. The van der Waals surface area contributed by atoms with Crippen molar-refractivity contribution in [2.75, 3.05) is 0 Å². The Morgan fingerprint density at radius 3 is 2.21 bits per heavy atom. The lowest BCUT2D eigenvalue weighted by Gasteiger charge is -2.06. The summed E-state index contributed by atoms with van der Waals surface area (Å²) in [5.41, 5.74) is 0. The number of halogens is 3. The normalized spacial score (nSPS) is 11.9. The summed E-state index contributed by atoms with van der Waals surface area (Å²) >= 11 is 0. The van der Waals surface area contributed by atoms with Gasteiger partial charge in [-0.1, -0.05) is 0 Å². The van der Waals surface area contributed by atoms with Gasteiger partial charge in [0.2, 0.25) is 9.76 Å². The van der Waals surface area contributed by atoms with Crippen molar-refractivity contribution in [1.82, 2.24) is 0 Å². The van der Waals surface area contributed by atoms with Crippen molar-refractivity contribution < 1.29 is 27.8 Å². The maximum absolute atomic E-state index is 12.9. The highest BCUT2D eigenvalue weighted by atomic mass is 28.2. The van der Waals surface area contributed by atoms with Gasteiger partial charge in [0.05, 0.1) is 0 Å². The Hall–Kier alpha value is -0.893. The Bertz CT molecular complexity index is 332. The predicted octanol–water partition coefficient (Wildman–Crippen LogP) is -0.902. The van der Waals surface area contributed by atoms with Crippen LogP contribution >= 0.6 is 0 Å². The highest BCUT2D eigenvalue weighted by molar-refractivity contribution is 6.47. The number of aliphatic hydroxyl groups is 2. The molecule has 0 heterocycles. The smallest absolute Gasteiger partial charge is 0.256 e. The second-order valence-corrected chi connectivity index (χ2v) is 3.88. The molecule has 0 amide bonds. The van der Waals surface area contributed by atoms with E-state index in [-0.39, 0.29) is 5.19 Å². The minimum atomic E-state index is -2.02. The quantitative estimate of drug-likeness (QED) is 0.397. The van der Waals surface area contributed by atoms with Crippen LogP contribution in [0.5, 0.6) is 0 Å². The van der Waals surface area contributed by atoms with Gasteiger partial charge >= 0.3 is 0 Å². The minimum absolute atomic E-state index is 0.156. The Labute approximate surface area is 79.7 Å². The van der Waals surface area contributed by atoms with Crippen LogP contribution in [-0.2, 0) is 4.43 Å². The number of benzene rings is 1. The van der Waals surface area contributed by atoms with Gasteiger partial charge in [-0.15, -0.1) is 0 Å². The van der Waals surface area contributed by atoms with E-state index < -0.39 is 33.7 Å². The molecule has 0 atom stereocenters. The van der Waals surface area contributed by atoms with Gasteiger partial charge in [0.15, 0.2) is 11.6 Å². The van der Waals surface area contributed by atoms with Crippen molar-refractivity contribution >= 4 is 14.9 Å². The molecule has 0 saturated heterocycles. The number of rotatable bonds is 3. The summed E-state index contributed by atoms with van der Waals surface area (Å²) in [6.07, 6.45) is 0. The third-order valence-corrected chi connectivity index (χ3v) is 2.79. The first-order valence-electron chi connectivity index (χ1n) is 3.62. The average Bonchev–Trinajstić information content (AvgIpc) is 2.09. The van der Waals surface area contributed by atoms with E-state index in [9.17, 15) is 13.2 Å². The van der Waals surface area contributed by atoms with E-state index in [1.165, 1.54) is 0 Å². The van der Waals surface area contributed by atoms with Crippen LogP contribution in [0.25, 0.3) is 0 Å². The number of hydrogen-bond donors (Lipinski definition) is 2. The molecule has 0 bridgehead atoms. The highest BCUT2D eigenvalue weighted by Gasteiger charge is 2.11. The molecule has 0 aliphatic carbocycles. The van der Waals surface area contributed by atoms with Crippen LogP contribution < -0.4 is 5.19 Å². The molecular weight excluding hydrogens is 217 g/mol. The summed E-state index contributed by atoms with van der Waals surface area (Å²) < 4.78 is 42.2. The van der Waals surface area contributed by atoms with Gasteiger partial charge < -0.3 is 14.6 Å². The Balaban J connectivity index is 2.82. The lowest BCUT2D eigenvalue weighted by Crippen LogP contribution is -2.27. The molecule has 1 aromatic rings. The zero-order valence-electron chi connectivity index (χ0n) is 6.88. The monoisotopic (exact) mass is 224 g/mol. The topological polar surface area (TPSA) is 49.7 Å². The van der Waals surface area contributed by atoms with Gasteiger partial charge in [0.1, 0.15) is 5.82 Å². The molecule has 78 valence electrons. The molecular formula is C7H7F3O3Si. The van der Waals surface area contributed by atoms with E-state index in [0.29, 0.717) is 12.1 Å². The molecule has 0 aromatic heterocycles. The molecule has 7 heteroatoms. The van der Waals surface area contributed by atoms with Crippen molar-refractivity contribution in [3.05, 3.63) is 29.6 Å². The summed E-state index contributed by atoms with van der Waals surface area (Å²) in [5.74, 6) is -3.43. The van der Waals surface area contributed by atoms with Gasteiger partial charge in [-0.05, 0) is 6.07 Å². The molecule has 0 saturated carbocycles. The highest BCUT2D eigenvalue weighted by Crippen LogP contribution is 2.05. The minimum Gasteiger partial charge on any atom is -0.373 e. The van der Waals surface area contributed by atoms with Gasteiger partial charge in [-0.2, -0.15) is 0 Å². The van der Waals surface area contributed by atoms with Crippen molar-refractivity contribution in [3.63, 3.8) is 0 Å². The van der Waals surface area contributed by atoms with Gasteiger partial charge in [0, 0.05) is 11.3 Å². The molecule has 3 nitrogen and oxygen atoms in total. The zero-order valence-corrected chi connectivity index (χ0v) is 8.29. The van der Waals surface area contributed by atoms with Crippen molar-refractivity contribution in [1.29, 1.82) is 0 Å². The summed E-state index contributed by atoms with van der Waals surface area (Å²) in [7, 11) is -1.81. The Morgan fingerprint density at radius 2 is 1.64 bits per heavy atom. The Kier molecular flexibility index (Phi) is 3.64. The largest absolute Gasteiger partial charge is 0.373 e. The third kappa shape index (κ3) is 2.81. The fraction of sp³-hybridized carbons (Fsp3) is 0.143. The fourth-order valence-electron chi connectivity index (χ4n) is 0.839. The molecule has 0 spiro atoms. The third-order valence-electron chi connectivity index (χ3n) is 1.48. The van der Waals surface area contributed by atoms with Gasteiger partial charge in [-0.25, -0.2) is 13.2 Å². The van der Waals surface area contributed by atoms with Gasteiger partial charge in [0.25, 0.3) is 6.48 Å². The second-order valence-electron chi connectivity index (χ2n) is 2.50. The summed E-state index contributed by atoms with van der Waals surface area (Å²) in [4.78, 5) is 0. The molecule has 2 N–H and O–H groups in total. The lowest BCUT2D eigenvalue weighted by atomic mass is 10.3. The molecule has 14 heavy (non-hydrogen) atoms. The fourth-order valence-corrected chi connectivity index (χ4v) is 1.67. The van der Waals surface area contributed by atoms with E-state index in [4.69, 9.17) is 10.2 Å². The first-order valence-corrected chi connectivity index (χ1v) is 4.90. The summed E-state index contributed by atoms with van der Waals surface area (Å²) in [6, 6.07) is 1.05. The molecule has 1 rings (SSSR count). The van der Waals surface area contributed by atoms with E-state index in [0.717, 1.165) is 0 Å². The predicted molar refractivity (Wildman–Crippen MR) is 43.8 cm³/mol. The van der Waals surface area contributed by atoms with Crippen LogP contribution in [0.15, 0.2) is 12.1 Å².